The van der Waals surface area contributed by atoms with Crippen molar-refractivity contribution in [3.8, 4) is 23.6 Å². The monoisotopic (exact) mass is 334 g/mol. The van der Waals surface area contributed by atoms with Gasteiger partial charge < -0.3 is 9.47 Å². The zero-order valence-corrected chi connectivity index (χ0v) is 13.3. The molecule has 6 heteroatoms. The Morgan fingerprint density at radius 2 is 1.08 bits per heavy atom. The lowest BCUT2D eigenvalue weighted by Crippen LogP contribution is -2.11. The van der Waals surface area contributed by atoms with Gasteiger partial charge in [-0.1, -0.05) is 0 Å². The minimum absolute atomic E-state index is 0.0719. The number of nitrogens with zero attached hydrogens (tertiary/aromatic N) is 2. The molecule has 0 heterocycles. The van der Waals surface area contributed by atoms with Crippen LogP contribution in [0, 0.1) is 22.7 Å². The van der Waals surface area contributed by atoms with Crippen LogP contribution < -0.4 is 9.47 Å². The van der Waals surface area contributed by atoms with E-state index in [0.29, 0.717) is 29.0 Å². The van der Waals surface area contributed by atoms with Gasteiger partial charge in [-0.25, -0.2) is 0 Å². The van der Waals surface area contributed by atoms with E-state index < -0.39 is 11.9 Å². The summed E-state index contributed by atoms with van der Waals surface area (Å²) in [5.74, 6) is -0.222. The van der Waals surface area contributed by atoms with E-state index in [2.05, 4.69) is 0 Å². The van der Waals surface area contributed by atoms with Crippen molar-refractivity contribution < 1.29 is 19.1 Å². The Hall–Kier alpha value is -3.64. The summed E-state index contributed by atoms with van der Waals surface area (Å²) in [5.41, 5.74) is 0.954. The normalized spacial score (nSPS) is 9.52. The predicted molar refractivity (Wildman–Crippen MR) is 87.4 cm³/mol. The highest BCUT2D eigenvalue weighted by Gasteiger charge is 2.09. The summed E-state index contributed by atoms with van der Waals surface area (Å²) in [6, 6.07) is 16.3. The molecule has 0 spiro atoms. The molecule has 0 amide bonds. The first-order valence-electron chi connectivity index (χ1n) is 7.52. The largest absolute Gasteiger partial charge is 0.427 e. The van der Waals surface area contributed by atoms with E-state index in [1.807, 2.05) is 12.1 Å². The van der Waals surface area contributed by atoms with Gasteiger partial charge in [-0.2, -0.15) is 10.5 Å². The maximum atomic E-state index is 11.7. The molecule has 0 bridgehead atoms. The smallest absolute Gasteiger partial charge is 0.311 e. The van der Waals surface area contributed by atoms with Crippen molar-refractivity contribution in [2.45, 2.75) is 19.3 Å². The molecule has 0 aliphatic rings. The van der Waals surface area contributed by atoms with E-state index in [9.17, 15) is 9.59 Å². The summed E-state index contributed by atoms with van der Waals surface area (Å²) in [4.78, 5) is 23.4. The Morgan fingerprint density at radius 1 is 0.720 bits per heavy atom. The fourth-order valence-electron chi connectivity index (χ4n) is 1.94. The van der Waals surface area contributed by atoms with Crippen LogP contribution in [0.1, 0.15) is 30.4 Å². The fraction of sp³-hybridized carbons (Fsp3) is 0.158. The minimum Gasteiger partial charge on any atom is -0.427 e. The molecule has 0 saturated carbocycles. The maximum absolute atomic E-state index is 11.7. The van der Waals surface area contributed by atoms with E-state index in [-0.39, 0.29) is 12.8 Å². The van der Waals surface area contributed by atoms with Crippen LogP contribution in [0.25, 0.3) is 0 Å². The third kappa shape index (κ3) is 5.81. The number of nitriles is 2. The Balaban J connectivity index is 1.71. The molecule has 2 aromatic carbocycles. The lowest BCUT2D eigenvalue weighted by molar-refractivity contribution is -0.136. The van der Waals surface area contributed by atoms with Crippen molar-refractivity contribution in [3.05, 3.63) is 59.7 Å². The summed E-state index contributed by atoms with van der Waals surface area (Å²) in [6.45, 7) is 0. The van der Waals surface area contributed by atoms with E-state index in [1.54, 1.807) is 24.3 Å². The molecule has 25 heavy (non-hydrogen) atoms. The number of hydrogen-bond donors (Lipinski definition) is 0. The topological polar surface area (TPSA) is 100 Å². The van der Waals surface area contributed by atoms with E-state index >= 15 is 0 Å². The quantitative estimate of drug-likeness (QED) is 0.594. The molecule has 0 fully saturated rings. The van der Waals surface area contributed by atoms with Crippen molar-refractivity contribution in [3.63, 3.8) is 0 Å². The maximum Gasteiger partial charge on any atom is 0.311 e. The van der Waals surface area contributed by atoms with Crippen molar-refractivity contribution in [2.24, 2.45) is 0 Å². The predicted octanol–water partition coefficient (Wildman–Crippen LogP) is 3.11. The van der Waals surface area contributed by atoms with Crippen molar-refractivity contribution >= 4 is 11.9 Å². The number of carbonyl (C=O) groups is 2. The molecule has 124 valence electrons. The van der Waals surface area contributed by atoms with Gasteiger partial charge in [-0.05, 0) is 55.0 Å². The molecule has 2 rings (SSSR count). The Kier molecular flexibility index (Phi) is 6.27. The molecule has 0 N–H and O–H groups in total. The second-order valence-electron chi connectivity index (χ2n) is 5.07. The fourth-order valence-corrected chi connectivity index (χ4v) is 1.94. The Labute approximate surface area is 144 Å². The van der Waals surface area contributed by atoms with Gasteiger partial charge in [0.05, 0.1) is 23.3 Å². The molecule has 2 aromatic rings. The van der Waals surface area contributed by atoms with E-state index in [1.165, 1.54) is 24.3 Å². The van der Waals surface area contributed by atoms with Crippen LogP contribution in [0.5, 0.6) is 11.5 Å². The van der Waals surface area contributed by atoms with Crippen molar-refractivity contribution in [2.75, 3.05) is 0 Å². The van der Waals surface area contributed by atoms with Gasteiger partial charge in [0.25, 0.3) is 0 Å². The molecule has 0 aliphatic heterocycles. The van der Waals surface area contributed by atoms with Crippen LogP contribution in [0.3, 0.4) is 0 Å². The number of hydrogen-bond acceptors (Lipinski definition) is 6. The van der Waals surface area contributed by atoms with Crippen LogP contribution in [-0.2, 0) is 9.59 Å². The molecule has 0 atom stereocenters. The Bertz CT molecular complexity index is 756. The van der Waals surface area contributed by atoms with Gasteiger partial charge in [0.15, 0.2) is 0 Å². The van der Waals surface area contributed by atoms with Gasteiger partial charge >= 0.3 is 11.9 Å². The zero-order chi connectivity index (χ0) is 18.1. The lowest BCUT2D eigenvalue weighted by atomic mass is 10.2. The average molecular weight is 334 g/mol. The Morgan fingerprint density at radius 3 is 1.40 bits per heavy atom. The van der Waals surface area contributed by atoms with Crippen LogP contribution in [-0.4, -0.2) is 11.9 Å². The third-order valence-electron chi connectivity index (χ3n) is 3.19. The number of esters is 2. The molecular formula is C19H14N2O4. The summed E-state index contributed by atoms with van der Waals surface area (Å²) in [5, 5.41) is 17.4. The summed E-state index contributed by atoms with van der Waals surface area (Å²) in [6.07, 6.45) is 0.440. The average Bonchev–Trinajstić information content (AvgIpc) is 2.63. The molecule has 6 nitrogen and oxygen atoms in total. The number of benzene rings is 2. The van der Waals surface area contributed by atoms with Gasteiger partial charge in [0.2, 0.25) is 0 Å². The summed E-state index contributed by atoms with van der Waals surface area (Å²) < 4.78 is 10.2. The highest BCUT2D eigenvalue weighted by atomic mass is 16.5. The zero-order valence-electron chi connectivity index (χ0n) is 13.3. The first-order chi connectivity index (χ1) is 12.1. The molecule has 0 unspecified atom stereocenters. The van der Waals surface area contributed by atoms with E-state index in [0.717, 1.165) is 0 Å². The number of rotatable bonds is 6. The molecule has 0 saturated heterocycles. The van der Waals surface area contributed by atoms with Crippen LogP contribution in [0.2, 0.25) is 0 Å². The summed E-state index contributed by atoms with van der Waals surface area (Å²) >= 11 is 0. The highest BCUT2D eigenvalue weighted by molar-refractivity contribution is 5.75. The van der Waals surface area contributed by atoms with E-state index in [4.69, 9.17) is 20.0 Å². The minimum atomic E-state index is -0.462. The lowest BCUT2D eigenvalue weighted by Gasteiger charge is -2.05. The molecular weight excluding hydrogens is 320 g/mol. The SMILES string of the molecule is N#Cc1ccc(OC(=O)CCCC(=O)Oc2ccc(C#N)cc2)cc1. The molecule has 0 aromatic heterocycles. The third-order valence-corrected chi connectivity index (χ3v) is 3.19. The molecule has 0 radical (unpaired) electrons. The standard InChI is InChI=1S/C19H14N2O4/c20-12-14-4-8-16(9-5-14)24-18(22)2-1-3-19(23)25-17-10-6-15(13-21)7-11-17/h4-11H,1-3H2. The second-order valence-corrected chi connectivity index (χ2v) is 5.07. The van der Waals surface area contributed by atoms with Gasteiger partial charge in [0.1, 0.15) is 11.5 Å². The molecule has 0 aliphatic carbocycles. The first-order valence-corrected chi connectivity index (χ1v) is 7.52. The highest BCUT2D eigenvalue weighted by Crippen LogP contribution is 2.14. The van der Waals surface area contributed by atoms with Crippen LogP contribution >= 0.6 is 0 Å². The number of ether oxygens (including phenoxy) is 2. The summed E-state index contributed by atoms with van der Waals surface area (Å²) in [7, 11) is 0. The number of carbonyl (C=O) groups excluding carboxylic acids is 2. The second kappa shape index (κ2) is 8.85. The van der Waals surface area contributed by atoms with Crippen molar-refractivity contribution in [1.29, 1.82) is 10.5 Å². The van der Waals surface area contributed by atoms with Crippen LogP contribution in [0.15, 0.2) is 48.5 Å². The van der Waals surface area contributed by atoms with Gasteiger partial charge in [-0.3, -0.25) is 9.59 Å². The first kappa shape index (κ1) is 17.7. The van der Waals surface area contributed by atoms with Gasteiger partial charge in [-0.15, -0.1) is 0 Å². The van der Waals surface area contributed by atoms with Crippen LogP contribution in [0.4, 0.5) is 0 Å². The van der Waals surface area contributed by atoms with Crippen molar-refractivity contribution in [1.82, 2.24) is 0 Å². The van der Waals surface area contributed by atoms with Gasteiger partial charge in [0, 0.05) is 12.8 Å².